The summed E-state index contributed by atoms with van der Waals surface area (Å²) in [5, 5.41) is 3.26. The molecule has 1 heterocycles. The monoisotopic (exact) mass is 243 g/mol. The van der Waals surface area contributed by atoms with E-state index >= 15 is 0 Å². The lowest BCUT2D eigenvalue weighted by Crippen LogP contribution is -2.30. The summed E-state index contributed by atoms with van der Waals surface area (Å²) in [6.45, 7) is 4.72. The van der Waals surface area contributed by atoms with Crippen LogP contribution in [0.25, 0.3) is 0 Å². The first-order valence-electron chi connectivity index (χ1n) is 5.94. The van der Waals surface area contributed by atoms with Gasteiger partial charge in [-0.2, -0.15) is 0 Å². The minimum absolute atomic E-state index is 0.0621. The van der Waals surface area contributed by atoms with Crippen LogP contribution in [-0.4, -0.2) is 16.2 Å². The van der Waals surface area contributed by atoms with Gasteiger partial charge in [-0.3, -0.25) is 5.32 Å². The SMILES string of the molecule is Cc1ccc(OC(C)NCc2cncnc2)cc1. The molecule has 1 aromatic carbocycles. The summed E-state index contributed by atoms with van der Waals surface area (Å²) < 4.78 is 5.74. The topological polar surface area (TPSA) is 47.0 Å². The standard InChI is InChI=1S/C14H17N3O/c1-11-3-5-14(6-4-11)18-12(2)17-9-13-7-15-10-16-8-13/h3-8,10,12,17H,9H2,1-2H3. The van der Waals surface area contributed by atoms with Gasteiger partial charge in [0.15, 0.2) is 0 Å². The Hall–Kier alpha value is -1.94. The molecule has 18 heavy (non-hydrogen) atoms. The molecule has 4 nitrogen and oxygen atoms in total. The third-order valence-electron chi connectivity index (χ3n) is 2.54. The number of hydrogen-bond donors (Lipinski definition) is 1. The van der Waals surface area contributed by atoms with Crippen LogP contribution in [0.5, 0.6) is 5.75 Å². The quantitative estimate of drug-likeness (QED) is 0.818. The van der Waals surface area contributed by atoms with Crippen LogP contribution < -0.4 is 10.1 Å². The average Bonchev–Trinajstić information content (AvgIpc) is 2.40. The van der Waals surface area contributed by atoms with Gasteiger partial charge < -0.3 is 4.74 Å². The Morgan fingerprint density at radius 2 is 1.83 bits per heavy atom. The zero-order valence-corrected chi connectivity index (χ0v) is 10.6. The Morgan fingerprint density at radius 1 is 1.17 bits per heavy atom. The fraction of sp³-hybridized carbons (Fsp3) is 0.286. The second kappa shape index (κ2) is 6.12. The Bertz CT molecular complexity index is 470. The summed E-state index contributed by atoms with van der Waals surface area (Å²) in [4.78, 5) is 7.93. The molecule has 2 rings (SSSR count). The first-order valence-corrected chi connectivity index (χ1v) is 5.94. The van der Waals surface area contributed by atoms with Gasteiger partial charge in [-0.15, -0.1) is 0 Å². The largest absolute Gasteiger partial charge is 0.476 e. The van der Waals surface area contributed by atoms with Crippen molar-refractivity contribution in [3.05, 3.63) is 54.1 Å². The van der Waals surface area contributed by atoms with Gasteiger partial charge in [-0.05, 0) is 26.0 Å². The third-order valence-corrected chi connectivity index (χ3v) is 2.54. The molecular weight excluding hydrogens is 226 g/mol. The molecule has 0 spiro atoms. The third kappa shape index (κ3) is 3.82. The van der Waals surface area contributed by atoms with E-state index < -0.39 is 0 Å². The lowest BCUT2D eigenvalue weighted by Gasteiger charge is -2.16. The molecule has 0 fully saturated rings. The molecule has 0 saturated heterocycles. The van der Waals surface area contributed by atoms with E-state index in [0.717, 1.165) is 11.3 Å². The zero-order valence-electron chi connectivity index (χ0n) is 10.6. The molecule has 0 aliphatic heterocycles. The number of hydrogen-bond acceptors (Lipinski definition) is 4. The summed E-state index contributed by atoms with van der Waals surface area (Å²) in [5.41, 5.74) is 2.27. The van der Waals surface area contributed by atoms with Gasteiger partial charge >= 0.3 is 0 Å². The van der Waals surface area contributed by atoms with Gasteiger partial charge in [0.05, 0.1) is 0 Å². The van der Waals surface area contributed by atoms with E-state index in [1.807, 2.05) is 31.2 Å². The molecule has 0 bridgehead atoms. The van der Waals surface area contributed by atoms with Crippen LogP contribution in [0.1, 0.15) is 18.1 Å². The predicted molar refractivity (Wildman–Crippen MR) is 70.1 cm³/mol. The molecule has 0 radical (unpaired) electrons. The number of nitrogens with zero attached hydrogens (tertiary/aromatic N) is 2. The van der Waals surface area contributed by atoms with Gasteiger partial charge in [0, 0.05) is 24.5 Å². The van der Waals surface area contributed by atoms with E-state index in [1.54, 1.807) is 12.4 Å². The van der Waals surface area contributed by atoms with Crippen molar-refractivity contribution in [2.75, 3.05) is 0 Å². The Balaban J connectivity index is 1.82. The van der Waals surface area contributed by atoms with Gasteiger partial charge in [-0.25, -0.2) is 9.97 Å². The number of benzene rings is 1. The zero-order chi connectivity index (χ0) is 12.8. The maximum absolute atomic E-state index is 5.74. The number of ether oxygens (including phenoxy) is 1. The maximum Gasteiger partial charge on any atom is 0.147 e. The first kappa shape index (κ1) is 12.5. The van der Waals surface area contributed by atoms with Crippen molar-refractivity contribution in [2.24, 2.45) is 0 Å². The summed E-state index contributed by atoms with van der Waals surface area (Å²) in [6, 6.07) is 8.01. The highest BCUT2D eigenvalue weighted by molar-refractivity contribution is 5.26. The number of nitrogens with one attached hydrogen (secondary N) is 1. The summed E-state index contributed by atoms with van der Waals surface area (Å²) in [7, 11) is 0. The van der Waals surface area contributed by atoms with Gasteiger partial charge in [0.1, 0.15) is 18.3 Å². The van der Waals surface area contributed by atoms with Crippen molar-refractivity contribution >= 4 is 0 Å². The van der Waals surface area contributed by atoms with E-state index in [0.29, 0.717) is 6.54 Å². The van der Waals surface area contributed by atoms with Gasteiger partial charge in [-0.1, -0.05) is 17.7 Å². The smallest absolute Gasteiger partial charge is 0.147 e. The van der Waals surface area contributed by atoms with E-state index in [4.69, 9.17) is 4.74 Å². The summed E-state index contributed by atoms with van der Waals surface area (Å²) >= 11 is 0. The Labute approximate surface area is 107 Å². The molecule has 4 heteroatoms. The first-order chi connectivity index (χ1) is 8.74. The molecule has 0 aliphatic carbocycles. The summed E-state index contributed by atoms with van der Waals surface area (Å²) in [5.74, 6) is 0.866. The van der Waals surface area contributed by atoms with Crippen molar-refractivity contribution in [1.82, 2.24) is 15.3 Å². The van der Waals surface area contributed by atoms with Crippen molar-refractivity contribution < 1.29 is 4.74 Å². The molecule has 2 aromatic rings. The maximum atomic E-state index is 5.74. The lowest BCUT2D eigenvalue weighted by atomic mass is 10.2. The predicted octanol–water partition coefficient (Wildman–Crippen LogP) is 2.30. The van der Waals surface area contributed by atoms with Crippen LogP contribution in [0.4, 0.5) is 0 Å². The Kier molecular flexibility index (Phi) is 4.25. The fourth-order valence-corrected chi connectivity index (χ4v) is 1.55. The highest BCUT2D eigenvalue weighted by Gasteiger charge is 2.03. The molecule has 0 aliphatic rings. The lowest BCUT2D eigenvalue weighted by molar-refractivity contribution is 0.181. The minimum Gasteiger partial charge on any atom is -0.476 e. The molecule has 94 valence electrons. The fourth-order valence-electron chi connectivity index (χ4n) is 1.55. The number of rotatable bonds is 5. The van der Waals surface area contributed by atoms with Crippen molar-refractivity contribution in [3.63, 3.8) is 0 Å². The Morgan fingerprint density at radius 3 is 2.50 bits per heavy atom. The average molecular weight is 243 g/mol. The molecule has 1 aromatic heterocycles. The molecular formula is C14H17N3O. The molecule has 1 atom stereocenters. The molecule has 0 saturated carbocycles. The van der Waals surface area contributed by atoms with Gasteiger partial charge in [0.25, 0.3) is 0 Å². The molecule has 1 N–H and O–H groups in total. The minimum atomic E-state index is -0.0621. The highest BCUT2D eigenvalue weighted by Crippen LogP contribution is 2.12. The van der Waals surface area contributed by atoms with Crippen molar-refractivity contribution in [2.45, 2.75) is 26.6 Å². The van der Waals surface area contributed by atoms with Crippen molar-refractivity contribution in [1.29, 1.82) is 0 Å². The van der Waals surface area contributed by atoms with Crippen LogP contribution in [-0.2, 0) is 6.54 Å². The molecule has 1 unspecified atom stereocenters. The van der Waals surface area contributed by atoms with Crippen LogP contribution in [0.3, 0.4) is 0 Å². The van der Waals surface area contributed by atoms with E-state index in [9.17, 15) is 0 Å². The van der Waals surface area contributed by atoms with E-state index in [1.165, 1.54) is 11.9 Å². The van der Waals surface area contributed by atoms with Crippen LogP contribution >= 0.6 is 0 Å². The van der Waals surface area contributed by atoms with E-state index in [2.05, 4.69) is 22.2 Å². The normalized spacial score (nSPS) is 12.1. The second-order valence-electron chi connectivity index (χ2n) is 4.20. The van der Waals surface area contributed by atoms with Gasteiger partial charge in [0.2, 0.25) is 0 Å². The summed E-state index contributed by atoms with van der Waals surface area (Å²) in [6.07, 6.45) is 5.04. The number of aromatic nitrogens is 2. The number of aryl methyl sites for hydroxylation is 1. The second-order valence-corrected chi connectivity index (χ2v) is 4.20. The molecule has 0 amide bonds. The van der Waals surface area contributed by atoms with Crippen LogP contribution in [0, 0.1) is 6.92 Å². The van der Waals surface area contributed by atoms with Crippen LogP contribution in [0.2, 0.25) is 0 Å². The van der Waals surface area contributed by atoms with E-state index in [-0.39, 0.29) is 6.23 Å². The van der Waals surface area contributed by atoms with Crippen LogP contribution in [0.15, 0.2) is 43.0 Å². The van der Waals surface area contributed by atoms with Crippen molar-refractivity contribution in [3.8, 4) is 5.75 Å². The highest BCUT2D eigenvalue weighted by atomic mass is 16.5.